The Morgan fingerprint density at radius 1 is 1.00 bits per heavy atom. The van der Waals surface area contributed by atoms with E-state index in [2.05, 4.69) is 38.2 Å². The molecular weight excluding hydrogens is 170 g/mol. The standard InChI is InChI=1S/C13H25N/c1-12(2)9-10-13(3)8-6-5-7-11-14-4/h9-10,14H,5-8,11H2,1-4H3/b13-10-. The molecule has 0 rings (SSSR count). The molecule has 0 fully saturated rings. The minimum atomic E-state index is 1.15. The third-order valence-electron chi connectivity index (χ3n) is 2.20. The van der Waals surface area contributed by atoms with Crippen molar-refractivity contribution in [1.29, 1.82) is 0 Å². The van der Waals surface area contributed by atoms with E-state index in [4.69, 9.17) is 0 Å². The summed E-state index contributed by atoms with van der Waals surface area (Å²) >= 11 is 0. The fourth-order valence-electron chi connectivity index (χ4n) is 1.27. The van der Waals surface area contributed by atoms with Crippen LogP contribution in [0.4, 0.5) is 0 Å². The Bertz CT molecular complexity index is 185. The van der Waals surface area contributed by atoms with Crippen LogP contribution < -0.4 is 5.32 Å². The Morgan fingerprint density at radius 3 is 2.29 bits per heavy atom. The second-order valence-corrected chi connectivity index (χ2v) is 4.17. The molecule has 0 saturated heterocycles. The fraction of sp³-hybridized carbons (Fsp3) is 0.692. The Hall–Kier alpha value is -0.560. The maximum atomic E-state index is 3.17. The van der Waals surface area contributed by atoms with Crippen LogP contribution in [0.1, 0.15) is 46.5 Å². The van der Waals surface area contributed by atoms with Gasteiger partial charge in [-0.3, -0.25) is 0 Å². The average molecular weight is 195 g/mol. The molecule has 0 heterocycles. The SMILES string of the molecule is CNCCCCC/C(C)=C\C=C(C)C. The number of unbranched alkanes of at least 4 members (excludes halogenated alkanes) is 2. The number of hydrogen-bond acceptors (Lipinski definition) is 1. The predicted molar refractivity (Wildman–Crippen MR) is 65.6 cm³/mol. The molecule has 0 aliphatic heterocycles. The number of allylic oxidation sites excluding steroid dienone is 4. The Morgan fingerprint density at radius 2 is 1.71 bits per heavy atom. The lowest BCUT2D eigenvalue weighted by Crippen LogP contribution is -2.06. The maximum Gasteiger partial charge on any atom is -0.00519 e. The highest BCUT2D eigenvalue weighted by Crippen LogP contribution is 2.08. The first-order valence-electron chi connectivity index (χ1n) is 5.62. The van der Waals surface area contributed by atoms with Gasteiger partial charge in [0.25, 0.3) is 0 Å². The van der Waals surface area contributed by atoms with Gasteiger partial charge in [0, 0.05) is 0 Å². The molecule has 0 spiro atoms. The van der Waals surface area contributed by atoms with Gasteiger partial charge in [-0.05, 0) is 53.6 Å². The highest BCUT2D eigenvalue weighted by molar-refractivity contribution is 5.13. The molecule has 0 aliphatic carbocycles. The quantitative estimate of drug-likeness (QED) is 0.482. The summed E-state index contributed by atoms with van der Waals surface area (Å²) in [6, 6.07) is 0. The molecule has 0 aromatic rings. The maximum absolute atomic E-state index is 3.17. The third-order valence-corrected chi connectivity index (χ3v) is 2.20. The first-order chi connectivity index (χ1) is 6.66. The lowest BCUT2D eigenvalue weighted by atomic mass is 10.1. The van der Waals surface area contributed by atoms with Crippen molar-refractivity contribution in [3.05, 3.63) is 23.3 Å². The van der Waals surface area contributed by atoms with Crippen LogP contribution in [0.2, 0.25) is 0 Å². The number of rotatable bonds is 7. The molecule has 0 bridgehead atoms. The van der Waals surface area contributed by atoms with Crippen molar-refractivity contribution in [3.8, 4) is 0 Å². The van der Waals surface area contributed by atoms with Crippen molar-refractivity contribution in [2.75, 3.05) is 13.6 Å². The molecule has 82 valence electrons. The molecule has 0 radical (unpaired) electrons. The Balaban J connectivity index is 3.48. The summed E-state index contributed by atoms with van der Waals surface area (Å²) in [4.78, 5) is 0. The van der Waals surface area contributed by atoms with Crippen LogP contribution >= 0.6 is 0 Å². The summed E-state index contributed by atoms with van der Waals surface area (Å²) in [5.41, 5.74) is 2.87. The third kappa shape index (κ3) is 9.53. The van der Waals surface area contributed by atoms with E-state index in [1.165, 1.54) is 36.8 Å². The van der Waals surface area contributed by atoms with Gasteiger partial charge in [-0.1, -0.05) is 29.7 Å². The van der Waals surface area contributed by atoms with E-state index >= 15 is 0 Å². The van der Waals surface area contributed by atoms with Crippen LogP contribution in [0.3, 0.4) is 0 Å². The summed E-state index contributed by atoms with van der Waals surface area (Å²) in [6.45, 7) is 7.64. The molecule has 0 aromatic heterocycles. The fourth-order valence-corrected chi connectivity index (χ4v) is 1.27. The van der Waals surface area contributed by atoms with Crippen molar-refractivity contribution in [3.63, 3.8) is 0 Å². The first kappa shape index (κ1) is 13.4. The molecule has 0 unspecified atom stereocenters. The molecule has 14 heavy (non-hydrogen) atoms. The molecule has 0 atom stereocenters. The number of hydrogen-bond donors (Lipinski definition) is 1. The topological polar surface area (TPSA) is 12.0 Å². The van der Waals surface area contributed by atoms with E-state index in [1.54, 1.807) is 0 Å². The summed E-state index contributed by atoms with van der Waals surface area (Å²) in [5.74, 6) is 0. The smallest absolute Gasteiger partial charge is 0.00519 e. The zero-order valence-electron chi connectivity index (χ0n) is 10.2. The van der Waals surface area contributed by atoms with E-state index in [0.29, 0.717) is 0 Å². The van der Waals surface area contributed by atoms with E-state index in [-0.39, 0.29) is 0 Å². The predicted octanol–water partition coefficient (Wildman–Crippen LogP) is 3.68. The van der Waals surface area contributed by atoms with Gasteiger partial charge in [0.1, 0.15) is 0 Å². The van der Waals surface area contributed by atoms with Gasteiger partial charge in [0.05, 0.1) is 0 Å². The molecule has 0 saturated carbocycles. The summed E-state index contributed by atoms with van der Waals surface area (Å²) < 4.78 is 0. The van der Waals surface area contributed by atoms with Gasteiger partial charge in [0.2, 0.25) is 0 Å². The van der Waals surface area contributed by atoms with E-state index in [1.807, 2.05) is 7.05 Å². The minimum absolute atomic E-state index is 1.15. The van der Waals surface area contributed by atoms with Crippen LogP contribution in [-0.2, 0) is 0 Å². The molecule has 1 N–H and O–H groups in total. The van der Waals surface area contributed by atoms with Gasteiger partial charge >= 0.3 is 0 Å². The van der Waals surface area contributed by atoms with Crippen molar-refractivity contribution in [2.24, 2.45) is 0 Å². The van der Waals surface area contributed by atoms with Crippen molar-refractivity contribution < 1.29 is 0 Å². The zero-order valence-corrected chi connectivity index (χ0v) is 10.2. The first-order valence-corrected chi connectivity index (χ1v) is 5.62. The Labute approximate surface area is 89.3 Å². The van der Waals surface area contributed by atoms with Gasteiger partial charge in [-0.15, -0.1) is 0 Å². The second-order valence-electron chi connectivity index (χ2n) is 4.17. The Kier molecular flexibility index (Phi) is 8.65. The molecule has 1 heteroatoms. The average Bonchev–Trinajstić information content (AvgIpc) is 2.14. The van der Waals surface area contributed by atoms with E-state index in [0.717, 1.165) is 6.54 Å². The summed E-state index contributed by atoms with van der Waals surface area (Å²) in [5, 5.41) is 3.17. The molecule has 0 aliphatic rings. The van der Waals surface area contributed by atoms with Gasteiger partial charge < -0.3 is 5.32 Å². The normalized spacial score (nSPS) is 11.6. The molecule has 0 aromatic carbocycles. The lowest BCUT2D eigenvalue weighted by Gasteiger charge is -2.01. The van der Waals surface area contributed by atoms with Gasteiger partial charge in [-0.25, -0.2) is 0 Å². The van der Waals surface area contributed by atoms with Crippen LogP contribution in [0.15, 0.2) is 23.3 Å². The van der Waals surface area contributed by atoms with Crippen molar-refractivity contribution in [1.82, 2.24) is 5.32 Å². The van der Waals surface area contributed by atoms with Gasteiger partial charge in [-0.2, -0.15) is 0 Å². The van der Waals surface area contributed by atoms with Crippen molar-refractivity contribution in [2.45, 2.75) is 46.5 Å². The second kappa shape index (κ2) is 9.01. The highest BCUT2D eigenvalue weighted by atomic mass is 14.8. The molecular formula is C13H25N. The van der Waals surface area contributed by atoms with E-state index < -0.39 is 0 Å². The minimum Gasteiger partial charge on any atom is -0.320 e. The number of nitrogens with one attached hydrogen (secondary N) is 1. The van der Waals surface area contributed by atoms with Crippen molar-refractivity contribution >= 4 is 0 Å². The van der Waals surface area contributed by atoms with Crippen LogP contribution in [0.25, 0.3) is 0 Å². The van der Waals surface area contributed by atoms with Crippen LogP contribution in [-0.4, -0.2) is 13.6 Å². The van der Waals surface area contributed by atoms with Crippen LogP contribution in [0.5, 0.6) is 0 Å². The highest BCUT2D eigenvalue weighted by Gasteiger charge is 1.90. The lowest BCUT2D eigenvalue weighted by molar-refractivity contribution is 0.641. The zero-order chi connectivity index (χ0) is 10.8. The monoisotopic (exact) mass is 195 g/mol. The molecule has 1 nitrogen and oxygen atoms in total. The molecule has 0 amide bonds. The van der Waals surface area contributed by atoms with E-state index in [9.17, 15) is 0 Å². The summed E-state index contributed by atoms with van der Waals surface area (Å²) in [7, 11) is 2.01. The largest absolute Gasteiger partial charge is 0.320 e. The van der Waals surface area contributed by atoms with Crippen LogP contribution in [0, 0.1) is 0 Å². The summed E-state index contributed by atoms with van der Waals surface area (Å²) in [6.07, 6.45) is 9.64. The van der Waals surface area contributed by atoms with Gasteiger partial charge in [0.15, 0.2) is 0 Å².